The first-order chi connectivity index (χ1) is 6.59. The average molecular weight is 211 g/mol. The summed E-state index contributed by atoms with van der Waals surface area (Å²) in [7, 11) is 0. The molecule has 0 spiro atoms. The van der Waals surface area contributed by atoms with E-state index in [2.05, 4.69) is 0 Å². The first-order valence-corrected chi connectivity index (χ1v) is 5.41. The highest BCUT2D eigenvalue weighted by Crippen LogP contribution is 2.19. The second-order valence-electron chi connectivity index (χ2n) is 3.26. The Hall–Kier alpha value is -1.03. The number of rotatable bonds is 4. The number of aryl methyl sites for hydroxylation is 1. The topological polar surface area (TPSA) is 43.1 Å². The van der Waals surface area contributed by atoms with Crippen LogP contribution in [0.25, 0.3) is 0 Å². The van der Waals surface area contributed by atoms with Gasteiger partial charge in [-0.2, -0.15) is 0 Å². The van der Waals surface area contributed by atoms with Gasteiger partial charge in [-0.15, -0.1) is 11.8 Å². The van der Waals surface area contributed by atoms with Crippen LogP contribution in [-0.4, -0.2) is 16.7 Å². The van der Waals surface area contributed by atoms with Crippen LogP contribution < -0.4 is 0 Å². The number of benzene rings is 1. The molecule has 0 N–H and O–H groups in total. The van der Waals surface area contributed by atoms with Gasteiger partial charge in [0.25, 0.3) is 0 Å². The van der Waals surface area contributed by atoms with Crippen molar-refractivity contribution < 1.29 is 4.92 Å². The molecule has 0 saturated heterocycles. The van der Waals surface area contributed by atoms with Crippen LogP contribution in [-0.2, 0) is 0 Å². The van der Waals surface area contributed by atoms with Crippen LogP contribution in [0.4, 0.5) is 0 Å². The molecule has 0 radical (unpaired) electrons. The van der Waals surface area contributed by atoms with Crippen molar-refractivity contribution in [3.63, 3.8) is 0 Å². The van der Waals surface area contributed by atoms with E-state index >= 15 is 0 Å². The molecule has 4 heteroatoms. The normalized spacial score (nSPS) is 12.4. The maximum atomic E-state index is 10.4. The first-order valence-electron chi connectivity index (χ1n) is 4.42. The van der Waals surface area contributed by atoms with Crippen molar-refractivity contribution in [3.05, 3.63) is 39.9 Å². The maximum Gasteiger partial charge on any atom is 0.219 e. The van der Waals surface area contributed by atoms with Crippen molar-refractivity contribution >= 4 is 11.8 Å². The Labute approximate surface area is 87.7 Å². The van der Waals surface area contributed by atoms with Gasteiger partial charge < -0.3 is 0 Å². The van der Waals surface area contributed by atoms with Crippen LogP contribution in [0.15, 0.2) is 29.2 Å². The number of nitrogens with zero attached hydrogens (tertiary/aromatic N) is 1. The van der Waals surface area contributed by atoms with Crippen LogP contribution in [0.5, 0.6) is 0 Å². The largest absolute Gasteiger partial charge is 0.264 e. The van der Waals surface area contributed by atoms with Crippen molar-refractivity contribution in [2.45, 2.75) is 24.8 Å². The molecular weight excluding hydrogens is 198 g/mol. The minimum absolute atomic E-state index is 0.249. The molecule has 76 valence electrons. The summed E-state index contributed by atoms with van der Waals surface area (Å²) in [5, 5.41) is 10.4. The van der Waals surface area contributed by atoms with Crippen LogP contribution in [0.1, 0.15) is 12.5 Å². The molecule has 1 unspecified atom stereocenters. The Kier molecular flexibility index (Phi) is 3.95. The Balaban J connectivity index is 2.46. The standard InChI is InChI=1S/C10H13NO2S/c1-8-3-5-10(6-4-8)14-7-9(2)11(12)13/h3-6,9H,7H2,1-2H3. The van der Waals surface area contributed by atoms with Crippen molar-refractivity contribution in [1.29, 1.82) is 0 Å². The van der Waals surface area contributed by atoms with Gasteiger partial charge in [-0.25, -0.2) is 0 Å². The monoisotopic (exact) mass is 211 g/mol. The molecular formula is C10H13NO2S. The Morgan fingerprint density at radius 3 is 2.50 bits per heavy atom. The summed E-state index contributed by atoms with van der Waals surface area (Å²) in [5.74, 6) is 0.524. The molecule has 1 aromatic carbocycles. The highest BCUT2D eigenvalue weighted by atomic mass is 32.2. The van der Waals surface area contributed by atoms with E-state index in [1.54, 1.807) is 6.92 Å². The molecule has 14 heavy (non-hydrogen) atoms. The molecule has 3 nitrogen and oxygen atoms in total. The predicted octanol–water partition coefficient (Wildman–Crippen LogP) is 2.75. The Bertz CT molecular complexity index is 310. The van der Waals surface area contributed by atoms with E-state index in [1.165, 1.54) is 17.3 Å². The van der Waals surface area contributed by atoms with Gasteiger partial charge in [0.15, 0.2) is 0 Å². The molecule has 0 aromatic heterocycles. The summed E-state index contributed by atoms with van der Waals surface area (Å²) in [5.41, 5.74) is 1.21. The second kappa shape index (κ2) is 5.00. The zero-order valence-electron chi connectivity index (χ0n) is 8.27. The molecule has 0 saturated carbocycles. The van der Waals surface area contributed by atoms with Crippen molar-refractivity contribution in [2.24, 2.45) is 0 Å². The van der Waals surface area contributed by atoms with E-state index in [-0.39, 0.29) is 4.92 Å². The van der Waals surface area contributed by atoms with Crippen LogP contribution >= 0.6 is 11.8 Å². The van der Waals surface area contributed by atoms with Crippen molar-refractivity contribution in [2.75, 3.05) is 5.75 Å². The smallest absolute Gasteiger partial charge is 0.219 e. The molecule has 1 rings (SSSR count). The summed E-state index contributed by atoms with van der Waals surface area (Å²) in [6, 6.07) is 7.53. The van der Waals surface area contributed by atoms with E-state index in [1.807, 2.05) is 31.2 Å². The van der Waals surface area contributed by atoms with Gasteiger partial charge in [0.1, 0.15) is 0 Å². The lowest BCUT2D eigenvalue weighted by Crippen LogP contribution is -2.17. The average Bonchev–Trinajstić information content (AvgIpc) is 2.16. The zero-order chi connectivity index (χ0) is 10.6. The lowest BCUT2D eigenvalue weighted by Gasteiger charge is -2.03. The fourth-order valence-electron chi connectivity index (χ4n) is 0.912. The van der Waals surface area contributed by atoms with Gasteiger partial charge in [0, 0.05) is 16.7 Å². The summed E-state index contributed by atoms with van der Waals surface area (Å²) in [6.07, 6.45) is 0. The molecule has 0 amide bonds. The third kappa shape index (κ3) is 3.38. The summed E-state index contributed by atoms with van der Waals surface area (Å²) in [4.78, 5) is 11.2. The minimum atomic E-state index is -0.485. The van der Waals surface area contributed by atoms with E-state index in [0.29, 0.717) is 5.75 Å². The molecule has 0 aliphatic heterocycles. The zero-order valence-corrected chi connectivity index (χ0v) is 9.08. The number of hydrogen-bond acceptors (Lipinski definition) is 3. The van der Waals surface area contributed by atoms with Crippen molar-refractivity contribution in [3.8, 4) is 0 Å². The highest BCUT2D eigenvalue weighted by molar-refractivity contribution is 7.99. The van der Waals surface area contributed by atoms with Gasteiger partial charge in [0.2, 0.25) is 6.04 Å². The fraction of sp³-hybridized carbons (Fsp3) is 0.400. The van der Waals surface area contributed by atoms with Crippen molar-refractivity contribution in [1.82, 2.24) is 0 Å². The molecule has 1 aromatic rings. The first kappa shape index (κ1) is 11.0. The lowest BCUT2D eigenvalue weighted by atomic mass is 10.2. The van der Waals surface area contributed by atoms with Gasteiger partial charge in [-0.05, 0) is 19.1 Å². The number of hydrogen-bond donors (Lipinski definition) is 0. The van der Waals surface area contributed by atoms with Gasteiger partial charge >= 0.3 is 0 Å². The maximum absolute atomic E-state index is 10.4. The third-order valence-corrected chi connectivity index (χ3v) is 3.13. The van der Waals surface area contributed by atoms with Crippen LogP contribution in [0, 0.1) is 17.0 Å². The van der Waals surface area contributed by atoms with Crippen LogP contribution in [0.2, 0.25) is 0 Å². The van der Waals surface area contributed by atoms with E-state index in [9.17, 15) is 10.1 Å². The molecule has 0 aliphatic carbocycles. The van der Waals surface area contributed by atoms with E-state index < -0.39 is 6.04 Å². The van der Waals surface area contributed by atoms with Crippen LogP contribution in [0.3, 0.4) is 0 Å². The lowest BCUT2D eigenvalue weighted by molar-refractivity contribution is -0.511. The Morgan fingerprint density at radius 2 is 2.00 bits per heavy atom. The SMILES string of the molecule is Cc1ccc(SCC(C)[N+](=O)[O-])cc1. The highest BCUT2D eigenvalue weighted by Gasteiger charge is 2.12. The minimum Gasteiger partial charge on any atom is -0.264 e. The summed E-state index contributed by atoms with van der Waals surface area (Å²) in [6.45, 7) is 3.65. The molecule has 0 heterocycles. The Morgan fingerprint density at radius 1 is 1.43 bits per heavy atom. The fourth-order valence-corrected chi connectivity index (χ4v) is 1.80. The number of nitro groups is 1. The molecule has 0 aliphatic rings. The quantitative estimate of drug-likeness (QED) is 0.437. The summed E-state index contributed by atoms with van der Waals surface area (Å²) >= 11 is 1.52. The molecule has 0 fully saturated rings. The van der Waals surface area contributed by atoms with E-state index in [4.69, 9.17) is 0 Å². The molecule has 0 bridgehead atoms. The second-order valence-corrected chi connectivity index (χ2v) is 4.35. The number of thioether (sulfide) groups is 1. The van der Waals surface area contributed by atoms with E-state index in [0.717, 1.165) is 4.90 Å². The van der Waals surface area contributed by atoms with Gasteiger partial charge in [-0.3, -0.25) is 10.1 Å². The van der Waals surface area contributed by atoms with Gasteiger partial charge in [0.05, 0.1) is 5.75 Å². The third-order valence-electron chi connectivity index (χ3n) is 1.87. The molecule has 1 atom stereocenters. The van der Waals surface area contributed by atoms with Gasteiger partial charge in [-0.1, -0.05) is 17.7 Å². The predicted molar refractivity (Wildman–Crippen MR) is 58.4 cm³/mol. The summed E-state index contributed by atoms with van der Waals surface area (Å²) < 4.78 is 0.